The molecule has 1 radical (unpaired) electrons. The Hall–Kier alpha value is -1.54. The molecule has 10 heteroatoms. The average molecular weight is 425 g/mol. The first kappa shape index (κ1) is 20.5. The number of ether oxygens (including phenoxy) is 1. The Labute approximate surface area is 137 Å². The molecular weight excluding hydrogens is 408 g/mol. The Balaban J connectivity index is 0.000000385. The van der Waals surface area contributed by atoms with Crippen molar-refractivity contribution in [3.8, 4) is 5.75 Å². The monoisotopic (exact) mass is 424 g/mol. The summed E-state index contributed by atoms with van der Waals surface area (Å²) >= 11 is -1.49. The van der Waals surface area contributed by atoms with Gasteiger partial charge in [0.15, 0.2) is 0 Å². The molecule has 1 heterocycles. The van der Waals surface area contributed by atoms with Crippen molar-refractivity contribution in [3.05, 3.63) is 24.3 Å². The molecule has 1 aromatic rings. The quantitative estimate of drug-likeness (QED) is 0.423. The fraction of sp³-hybridized carbons (Fsp3) is 0.333. The van der Waals surface area contributed by atoms with Crippen molar-refractivity contribution in [2.75, 3.05) is 12.3 Å². The fourth-order valence-electron chi connectivity index (χ4n) is 1.31. The summed E-state index contributed by atoms with van der Waals surface area (Å²) in [6.45, 7) is 2.65. The van der Waals surface area contributed by atoms with Crippen molar-refractivity contribution in [2.24, 2.45) is 0 Å². The van der Waals surface area contributed by atoms with Crippen LogP contribution in [-0.2, 0) is 15.6 Å². The minimum atomic E-state index is -1.49. The summed E-state index contributed by atoms with van der Waals surface area (Å²) in [6.07, 6.45) is -2.63. The van der Waals surface area contributed by atoms with E-state index in [-0.39, 0.29) is 5.48 Å². The van der Waals surface area contributed by atoms with Crippen LogP contribution >= 0.6 is 0 Å². The second-order valence-corrected chi connectivity index (χ2v) is 5.43. The second-order valence-electron chi connectivity index (χ2n) is 3.81. The molecule has 6 N–H and O–H groups in total. The standard InChI is InChI=1S/C8H11NO.C4H4O6.H2O.Sb/c1-2-10-8-5-3-7(9)4-6-8;5-1(3(7)8)2(6)4(9)10;;/h3-6H,2,9H2,1H3;1-2H,(H,7,8)(H,9,10);1H2;/q;-2;;+2. The van der Waals surface area contributed by atoms with Crippen molar-refractivity contribution in [2.45, 2.75) is 19.1 Å². The number of hydrogen-bond acceptors (Lipinski definition) is 6. The van der Waals surface area contributed by atoms with Crippen LogP contribution in [0.2, 0.25) is 0 Å². The van der Waals surface area contributed by atoms with Crippen molar-refractivity contribution >= 4 is 40.1 Å². The zero-order valence-corrected chi connectivity index (χ0v) is 14.2. The predicted molar refractivity (Wildman–Crippen MR) is 76.4 cm³/mol. The fourth-order valence-corrected chi connectivity index (χ4v) is 3.12. The van der Waals surface area contributed by atoms with Gasteiger partial charge in [-0.05, 0) is 31.2 Å². The minimum absolute atomic E-state index is 0. The van der Waals surface area contributed by atoms with Crippen molar-refractivity contribution in [3.63, 3.8) is 0 Å². The molecule has 123 valence electrons. The molecule has 0 spiro atoms. The van der Waals surface area contributed by atoms with Crippen LogP contribution in [0.15, 0.2) is 24.3 Å². The van der Waals surface area contributed by atoms with E-state index >= 15 is 0 Å². The first-order valence-electron chi connectivity index (χ1n) is 5.91. The van der Waals surface area contributed by atoms with E-state index in [1.807, 2.05) is 31.2 Å². The van der Waals surface area contributed by atoms with E-state index in [1.165, 1.54) is 0 Å². The zero-order chi connectivity index (χ0) is 15.8. The summed E-state index contributed by atoms with van der Waals surface area (Å²) in [6, 6.07) is 7.37. The number of anilines is 1. The third-order valence-electron chi connectivity index (χ3n) is 2.27. The van der Waals surface area contributed by atoms with E-state index in [2.05, 4.69) is 6.03 Å². The van der Waals surface area contributed by atoms with Gasteiger partial charge in [-0.15, -0.1) is 0 Å². The Kier molecular flexibility index (Phi) is 9.51. The van der Waals surface area contributed by atoms with Gasteiger partial charge in [-0.1, -0.05) is 0 Å². The predicted octanol–water partition coefficient (Wildman–Crippen LogP) is -0.683. The maximum atomic E-state index is 10.3. The van der Waals surface area contributed by atoms with Gasteiger partial charge in [0.25, 0.3) is 0 Å². The first-order chi connectivity index (χ1) is 9.95. The van der Waals surface area contributed by atoms with Gasteiger partial charge in [0.05, 0.1) is 6.61 Å². The summed E-state index contributed by atoms with van der Waals surface area (Å²) in [7, 11) is 0. The number of nitrogens with two attached hydrogens (primary N) is 1. The van der Waals surface area contributed by atoms with E-state index in [0.29, 0.717) is 6.61 Å². The van der Waals surface area contributed by atoms with Crippen LogP contribution in [0.25, 0.3) is 0 Å². The molecular formula is C12H17NO8Sb. The molecule has 22 heavy (non-hydrogen) atoms. The van der Waals surface area contributed by atoms with Crippen LogP contribution in [0.5, 0.6) is 5.75 Å². The average Bonchev–Trinajstić information content (AvgIpc) is 2.92. The zero-order valence-electron chi connectivity index (χ0n) is 11.6. The molecule has 0 aromatic heterocycles. The Morgan fingerprint density at radius 2 is 1.64 bits per heavy atom. The Morgan fingerprint density at radius 1 is 1.18 bits per heavy atom. The number of carboxylic acids is 2. The van der Waals surface area contributed by atoms with Crippen LogP contribution in [-0.4, -0.2) is 68.9 Å². The van der Waals surface area contributed by atoms with Gasteiger partial charge < -0.3 is 15.9 Å². The van der Waals surface area contributed by atoms with Gasteiger partial charge in [-0.2, -0.15) is 0 Å². The summed E-state index contributed by atoms with van der Waals surface area (Å²) in [5.41, 5.74) is 6.23. The SMILES string of the molecule is CCOc1ccc(N)cc1.O.O=C(O)C1[O][Sb][O]C1C(=O)O. The molecule has 2 atom stereocenters. The first-order valence-corrected chi connectivity index (χ1v) is 8.00. The van der Waals surface area contributed by atoms with Gasteiger partial charge in [-0.3, -0.25) is 0 Å². The van der Waals surface area contributed by atoms with Crippen LogP contribution in [0, 0.1) is 0 Å². The molecule has 1 aliphatic rings. The molecule has 0 amide bonds. The molecule has 1 saturated heterocycles. The Bertz CT molecular complexity index is 461. The van der Waals surface area contributed by atoms with Crippen molar-refractivity contribution < 1.29 is 36.0 Å². The van der Waals surface area contributed by atoms with Gasteiger partial charge in [0.1, 0.15) is 5.75 Å². The molecule has 0 bridgehead atoms. The van der Waals surface area contributed by atoms with E-state index in [9.17, 15) is 9.59 Å². The molecule has 1 aliphatic heterocycles. The number of carboxylic acid groups (broad SMARTS) is 2. The van der Waals surface area contributed by atoms with E-state index in [0.717, 1.165) is 11.4 Å². The number of carbonyl (C=O) groups is 2. The molecule has 0 saturated carbocycles. The molecule has 2 unspecified atom stereocenters. The van der Waals surface area contributed by atoms with Gasteiger partial charge in [0, 0.05) is 5.69 Å². The number of nitrogen functional groups attached to an aromatic ring is 1. The summed E-state index contributed by atoms with van der Waals surface area (Å²) < 4.78 is 14.5. The number of aliphatic carboxylic acids is 2. The Morgan fingerprint density at radius 3 is 2.00 bits per heavy atom. The number of rotatable bonds is 4. The summed E-state index contributed by atoms with van der Waals surface area (Å²) in [5.74, 6) is -1.70. The van der Waals surface area contributed by atoms with E-state index < -0.39 is 46.6 Å². The molecule has 1 fully saturated rings. The molecule has 0 aliphatic carbocycles. The second kappa shape index (κ2) is 10.2. The number of benzene rings is 1. The molecule has 1 aromatic carbocycles. The van der Waals surface area contributed by atoms with Crippen LogP contribution in [0.1, 0.15) is 6.92 Å². The van der Waals surface area contributed by atoms with Crippen LogP contribution in [0.4, 0.5) is 5.69 Å². The normalized spacial score (nSPS) is 19.3. The van der Waals surface area contributed by atoms with Crippen LogP contribution < -0.4 is 10.5 Å². The maximum absolute atomic E-state index is 10.3. The number of hydrogen-bond donors (Lipinski definition) is 3. The summed E-state index contributed by atoms with van der Waals surface area (Å²) in [4.78, 5) is 20.5. The van der Waals surface area contributed by atoms with E-state index in [4.69, 9.17) is 20.7 Å². The van der Waals surface area contributed by atoms with Gasteiger partial charge >= 0.3 is 72.4 Å². The van der Waals surface area contributed by atoms with Gasteiger partial charge in [0.2, 0.25) is 0 Å². The third kappa shape index (κ3) is 6.48. The van der Waals surface area contributed by atoms with Crippen LogP contribution in [0.3, 0.4) is 0 Å². The molecule has 9 nitrogen and oxygen atoms in total. The van der Waals surface area contributed by atoms with Crippen molar-refractivity contribution in [1.82, 2.24) is 0 Å². The van der Waals surface area contributed by atoms with Gasteiger partial charge in [-0.25, -0.2) is 0 Å². The topological polar surface area (TPSA) is 160 Å². The summed E-state index contributed by atoms with van der Waals surface area (Å²) in [5, 5.41) is 16.8. The third-order valence-corrected chi connectivity index (χ3v) is 4.05. The van der Waals surface area contributed by atoms with E-state index in [1.54, 1.807) is 0 Å². The van der Waals surface area contributed by atoms with Crippen molar-refractivity contribution in [1.29, 1.82) is 0 Å². The molecule has 2 rings (SSSR count).